The molecule has 1 aromatic heterocycles. The van der Waals surface area contributed by atoms with Crippen LogP contribution in [0.1, 0.15) is 29.9 Å². The lowest BCUT2D eigenvalue weighted by Crippen LogP contribution is -2.60. The van der Waals surface area contributed by atoms with Crippen molar-refractivity contribution in [1.82, 2.24) is 15.0 Å². The van der Waals surface area contributed by atoms with E-state index < -0.39 is 30.3 Å². The molecule has 3 N–H and O–H groups in total. The van der Waals surface area contributed by atoms with Gasteiger partial charge >= 0.3 is 30.3 Å². The van der Waals surface area contributed by atoms with Gasteiger partial charge in [-0.1, -0.05) is 5.16 Å². The minimum absolute atomic E-state index is 0.0922. The van der Waals surface area contributed by atoms with Crippen LogP contribution in [0.25, 0.3) is 0 Å². The van der Waals surface area contributed by atoms with E-state index in [-0.39, 0.29) is 12.1 Å². The van der Waals surface area contributed by atoms with Crippen molar-refractivity contribution in [1.29, 1.82) is 0 Å². The number of carbonyl (C=O) groups is 3. The highest BCUT2D eigenvalue weighted by molar-refractivity contribution is 5.73. The fraction of sp³-hybridized carbons (Fsp3) is 0.700. The molecule has 0 aromatic carbocycles. The van der Waals surface area contributed by atoms with E-state index in [9.17, 15) is 31.1 Å². The number of halogens is 6. The molecule has 2 aliphatic heterocycles. The quantitative estimate of drug-likeness (QED) is 0.473. The molecule has 0 aliphatic carbocycles. The Bertz CT molecular complexity index is 889. The molecule has 0 radical (unpaired) electrons. The normalized spacial score (nSPS) is 20.9. The summed E-state index contributed by atoms with van der Waals surface area (Å²) in [6.07, 6.45) is -8.12. The summed E-state index contributed by atoms with van der Waals surface area (Å²) < 4.78 is 74.8. The average molecular weight is 551 g/mol. The molecule has 1 unspecified atom stereocenters. The van der Waals surface area contributed by atoms with Crippen LogP contribution in [0.2, 0.25) is 0 Å². The van der Waals surface area contributed by atoms with Crippen LogP contribution in [-0.4, -0.2) is 105 Å². The van der Waals surface area contributed by atoms with Gasteiger partial charge in [-0.2, -0.15) is 26.3 Å². The number of aryl methyl sites for hydroxylation is 2. The maximum atomic E-state index is 11.0. The molecule has 3 heterocycles. The fourth-order valence-corrected chi connectivity index (χ4v) is 3.77. The summed E-state index contributed by atoms with van der Waals surface area (Å²) in [5.74, 6) is -5.41. The number of alkyl halides is 6. The van der Waals surface area contributed by atoms with Crippen molar-refractivity contribution in [2.45, 2.75) is 51.2 Å². The molecule has 1 aromatic rings. The molecule has 0 saturated carbocycles. The summed E-state index contributed by atoms with van der Waals surface area (Å²) in [5.41, 5.74) is 1.85. The number of hydrogen-bond donors (Lipinski definition) is 3. The van der Waals surface area contributed by atoms with Gasteiger partial charge in [-0.15, -0.1) is 0 Å². The monoisotopic (exact) mass is 551 g/mol. The SMILES string of the molecule is Cc1noc(C)c1CN1CCCC2(CN(CC(=O)O)CCO2)C1.O=C(O)C(F)(F)F.O=C(O)C(F)(F)F. The Labute approximate surface area is 206 Å². The summed E-state index contributed by atoms with van der Waals surface area (Å²) in [6, 6.07) is 0. The van der Waals surface area contributed by atoms with Crippen LogP contribution >= 0.6 is 0 Å². The largest absolute Gasteiger partial charge is 0.490 e. The van der Waals surface area contributed by atoms with Gasteiger partial charge in [0.25, 0.3) is 0 Å². The molecular weight excluding hydrogens is 524 g/mol. The second-order valence-electron chi connectivity index (χ2n) is 8.36. The summed E-state index contributed by atoms with van der Waals surface area (Å²) in [7, 11) is 0. The summed E-state index contributed by atoms with van der Waals surface area (Å²) in [4.78, 5) is 33.1. The van der Waals surface area contributed by atoms with Crippen LogP contribution in [0.5, 0.6) is 0 Å². The van der Waals surface area contributed by atoms with Crippen molar-refractivity contribution in [3.05, 3.63) is 17.0 Å². The minimum Gasteiger partial charge on any atom is -0.480 e. The number of rotatable bonds is 4. The smallest absolute Gasteiger partial charge is 0.480 e. The Morgan fingerprint density at radius 2 is 1.46 bits per heavy atom. The van der Waals surface area contributed by atoms with Gasteiger partial charge in [-0.05, 0) is 33.2 Å². The van der Waals surface area contributed by atoms with Crippen LogP contribution in [-0.2, 0) is 25.7 Å². The average Bonchev–Trinajstić information content (AvgIpc) is 3.05. The molecule has 3 rings (SSSR count). The third-order valence-corrected chi connectivity index (χ3v) is 5.35. The molecule has 0 bridgehead atoms. The topological polar surface area (TPSA) is 154 Å². The van der Waals surface area contributed by atoms with Crippen LogP contribution in [0.3, 0.4) is 0 Å². The van der Waals surface area contributed by atoms with Crippen LogP contribution < -0.4 is 0 Å². The molecule has 37 heavy (non-hydrogen) atoms. The van der Waals surface area contributed by atoms with Crippen LogP contribution in [0, 0.1) is 13.8 Å². The Morgan fingerprint density at radius 1 is 0.946 bits per heavy atom. The molecule has 212 valence electrons. The number of carboxylic acid groups (broad SMARTS) is 3. The molecule has 2 saturated heterocycles. The molecule has 0 amide bonds. The number of piperidine rings is 1. The molecule has 11 nitrogen and oxygen atoms in total. The van der Waals surface area contributed by atoms with Gasteiger partial charge in [0.15, 0.2) is 0 Å². The predicted molar refractivity (Wildman–Crippen MR) is 111 cm³/mol. The van der Waals surface area contributed by atoms with E-state index in [1.807, 2.05) is 18.7 Å². The van der Waals surface area contributed by atoms with Gasteiger partial charge in [0, 0.05) is 31.7 Å². The van der Waals surface area contributed by atoms with E-state index in [1.165, 1.54) is 0 Å². The van der Waals surface area contributed by atoms with Crippen LogP contribution in [0.4, 0.5) is 26.3 Å². The van der Waals surface area contributed by atoms with Gasteiger partial charge in [0.1, 0.15) is 5.76 Å². The van der Waals surface area contributed by atoms with E-state index in [0.717, 1.165) is 49.5 Å². The number of carboxylic acids is 3. The van der Waals surface area contributed by atoms with Gasteiger partial charge in [-0.3, -0.25) is 14.6 Å². The Balaban J connectivity index is 0.000000404. The lowest BCUT2D eigenvalue weighted by molar-refractivity contribution is -0.193. The number of likely N-dealkylation sites (tertiary alicyclic amines) is 1. The first-order chi connectivity index (χ1) is 16.9. The number of hydrogen-bond acceptors (Lipinski definition) is 8. The number of morpholine rings is 1. The van der Waals surface area contributed by atoms with E-state index in [1.54, 1.807) is 0 Å². The van der Waals surface area contributed by atoms with Crippen molar-refractivity contribution in [3.63, 3.8) is 0 Å². The minimum atomic E-state index is -5.08. The molecule has 2 aliphatic rings. The zero-order chi connectivity index (χ0) is 28.6. The maximum absolute atomic E-state index is 11.0. The number of nitrogens with zero attached hydrogens (tertiary/aromatic N) is 3. The molecule has 1 spiro atoms. The fourth-order valence-electron chi connectivity index (χ4n) is 3.77. The van der Waals surface area contributed by atoms with Gasteiger partial charge in [0.2, 0.25) is 0 Å². The van der Waals surface area contributed by atoms with Crippen molar-refractivity contribution >= 4 is 17.9 Å². The van der Waals surface area contributed by atoms with Crippen molar-refractivity contribution in [3.8, 4) is 0 Å². The van der Waals surface area contributed by atoms with E-state index in [0.29, 0.717) is 19.7 Å². The second-order valence-corrected chi connectivity index (χ2v) is 8.36. The Morgan fingerprint density at radius 3 is 1.89 bits per heavy atom. The molecule has 1 atom stereocenters. The van der Waals surface area contributed by atoms with E-state index in [4.69, 9.17) is 34.2 Å². The zero-order valence-electron chi connectivity index (χ0n) is 19.9. The van der Waals surface area contributed by atoms with Crippen molar-refractivity contribution in [2.24, 2.45) is 0 Å². The highest BCUT2D eigenvalue weighted by atomic mass is 19.4. The number of ether oxygens (including phenoxy) is 1. The van der Waals surface area contributed by atoms with E-state index in [2.05, 4.69) is 10.1 Å². The predicted octanol–water partition coefficient (Wildman–Crippen LogP) is 2.31. The maximum Gasteiger partial charge on any atom is 0.490 e. The first-order valence-electron chi connectivity index (χ1n) is 10.7. The standard InChI is InChI=1S/C16H25N3O4.2C2HF3O2/c1-12-14(13(2)23-17-12)8-18-5-3-4-16(10-18)11-19(6-7-22-16)9-15(20)21;2*3-2(4,5)1(6)7/h3-11H2,1-2H3,(H,20,21);2*(H,6,7). The number of aromatic nitrogens is 1. The molecule has 2 fully saturated rings. The first kappa shape index (κ1) is 32.1. The molecule has 17 heteroatoms. The third kappa shape index (κ3) is 10.9. The van der Waals surface area contributed by atoms with Gasteiger partial charge < -0.3 is 24.6 Å². The number of aliphatic carboxylic acids is 3. The highest BCUT2D eigenvalue weighted by Crippen LogP contribution is 2.30. The van der Waals surface area contributed by atoms with Crippen LogP contribution in [0.15, 0.2) is 4.52 Å². The first-order valence-corrected chi connectivity index (χ1v) is 10.7. The van der Waals surface area contributed by atoms with Crippen molar-refractivity contribution < 1.29 is 65.3 Å². The van der Waals surface area contributed by atoms with Crippen molar-refractivity contribution in [2.75, 3.05) is 39.3 Å². The van der Waals surface area contributed by atoms with Gasteiger partial charge in [-0.25, -0.2) is 9.59 Å². The lowest BCUT2D eigenvalue weighted by atomic mass is 9.90. The van der Waals surface area contributed by atoms with E-state index >= 15 is 0 Å². The third-order valence-electron chi connectivity index (χ3n) is 5.35. The highest BCUT2D eigenvalue weighted by Gasteiger charge is 2.41. The molecular formula is C20H27F6N3O8. The Hall–Kier alpha value is -2.92. The van der Waals surface area contributed by atoms with Gasteiger partial charge in [0.05, 0.1) is 24.4 Å². The summed E-state index contributed by atoms with van der Waals surface area (Å²) >= 11 is 0. The zero-order valence-corrected chi connectivity index (χ0v) is 19.9. The lowest BCUT2D eigenvalue weighted by Gasteiger charge is -2.47. The summed E-state index contributed by atoms with van der Waals surface area (Å²) in [6.45, 7) is 8.65. The summed E-state index contributed by atoms with van der Waals surface area (Å²) in [5, 5.41) is 27.3. The Kier molecular flexibility index (Phi) is 11.3. The second kappa shape index (κ2) is 13.0.